The molecule has 0 amide bonds. The highest BCUT2D eigenvalue weighted by atomic mass is 16.3. The molecule has 4 rings (SSSR count). The Morgan fingerprint density at radius 1 is 0.913 bits per heavy atom. The second-order valence-corrected chi connectivity index (χ2v) is 9.87. The van der Waals surface area contributed by atoms with E-state index >= 15 is 0 Å². The van der Waals surface area contributed by atoms with E-state index < -0.39 is 0 Å². The highest BCUT2D eigenvalue weighted by Gasteiger charge is 2.60. The minimum atomic E-state index is -0.0490. The molecular formula is C21H34O2. The molecule has 0 aromatic rings. The predicted molar refractivity (Wildman–Crippen MR) is 91.9 cm³/mol. The van der Waals surface area contributed by atoms with Gasteiger partial charge in [-0.25, -0.2) is 0 Å². The van der Waals surface area contributed by atoms with E-state index in [2.05, 4.69) is 13.8 Å². The molecule has 23 heavy (non-hydrogen) atoms. The first-order chi connectivity index (χ1) is 10.9. The zero-order chi connectivity index (χ0) is 16.4. The van der Waals surface area contributed by atoms with Crippen LogP contribution in [0.3, 0.4) is 0 Å². The van der Waals surface area contributed by atoms with Crippen LogP contribution in [0.5, 0.6) is 0 Å². The second-order valence-electron chi connectivity index (χ2n) is 9.87. The Kier molecular flexibility index (Phi) is 3.72. The summed E-state index contributed by atoms with van der Waals surface area (Å²) in [5.41, 5.74) is 0.738. The Bertz CT molecular complexity index is 500. The molecule has 0 aliphatic heterocycles. The number of fused-ring (bicyclic) bond motifs is 5. The fraction of sp³-hybridized carbons (Fsp3) is 0.952. The lowest BCUT2D eigenvalue weighted by Gasteiger charge is -2.60. The van der Waals surface area contributed by atoms with Crippen LogP contribution in [0.4, 0.5) is 0 Å². The molecular weight excluding hydrogens is 284 g/mol. The van der Waals surface area contributed by atoms with Crippen molar-refractivity contribution in [2.75, 3.05) is 0 Å². The van der Waals surface area contributed by atoms with Crippen molar-refractivity contribution in [3.05, 3.63) is 0 Å². The molecule has 4 aliphatic rings. The highest BCUT2D eigenvalue weighted by molar-refractivity contribution is 5.79. The van der Waals surface area contributed by atoms with Gasteiger partial charge in [0, 0.05) is 5.92 Å². The number of carbonyl (C=O) groups is 1. The maximum Gasteiger partial charge on any atom is 0.133 e. The number of hydrogen-bond acceptors (Lipinski definition) is 2. The zero-order valence-electron chi connectivity index (χ0n) is 15.2. The smallest absolute Gasteiger partial charge is 0.133 e. The van der Waals surface area contributed by atoms with Gasteiger partial charge >= 0.3 is 0 Å². The van der Waals surface area contributed by atoms with E-state index in [0.29, 0.717) is 17.1 Å². The molecule has 4 saturated carbocycles. The first kappa shape index (κ1) is 16.1. The van der Waals surface area contributed by atoms with Crippen molar-refractivity contribution < 1.29 is 9.90 Å². The Hall–Kier alpha value is -0.370. The molecule has 0 spiro atoms. The monoisotopic (exact) mass is 318 g/mol. The molecule has 0 saturated heterocycles. The van der Waals surface area contributed by atoms with Crippen LogP contribution in [0, 0.1) is 40.4 Å². The van der Waals surface area contributed by atoms with Gasteiger partial charge in [0.1, 0.15) is 5.78 Å². The molecule has 4 unspecified atom stereocenters. The summed E-state index contributed by atoms with van der Waals surface area (Å²) in [6, 6.07) is 0. The van der Waals surface area contributed by atoms with Crippen LogP contribution in [0.25, 0.3) is 0 Å². The lowest BCUT2D eigenvalue weighted by atomic mass is 9.44. The Balaban J connectivity index is 1.61. The van der Waals surface area contributed by atoms with E-state index in [1.807, 2.05) is 6.92 Å². The summed E-state index contributed by atoms with van der Waals surface area (Å²) in [4.78, 5) is 12.2. The number of Topliss-reactive ketones (excluding diaryl/α,β-unsaturated/α-hetero) is 1. The van der Waals surface area contributed by atoms with Gasteiger partial charge in [0.05, 0.1) is 6.10 Å². The van der Waals surface area contributed by atoms with Gasteiger partial charge in [-0.05, 0) is 99.2 Å². The highest BCUT2D eigenvalue weighted by Crippen LogP contribution is 2.67. The molecule has 0 heterocycles. The third-order valence-electron chi connectivity index (χ3n) is 9.13. The summed E-state index contributed by atoms with van der Waals surface area (Å²) < 4.78 is 0. The summed E-state index contributed by atoms with van der Waals surface area (Å²) in [6.45, 7) is 6.80. The van der Waals surface area contributed by atoms with Gasteiger partial charge in [-0.15, -0.1) is 0 Å². The van der Waals surface area contributed by atoms with Crippen molar-refractivity contribution in [3.63, 3.8) is 0 Å². The summed E-state index contributed by atoms with van der Waals surface area (Å²) in [5, 5.41) is 10.1. The molecule has 130 valence electrons. The molecule has 2 heteroatoms. The lowest BCUT2D eigenvalue weighted by molar-refractivity contribution is -0.138. The fourth-order valence-electron chi connectivity index (χ4n) is 7.90. The van der Waals surface area contributed by atoms with E-state index in [1.165, 1.54) is 38.5 Å². The van der Waals surface area contributed by atoms with Gasteiger partial charge in [0.2, 0.25) is 0 Å². The van der Waals surface area contributed by atoms with Crippen molar-refractivity contribution in [2.24, 2.45) is 40.4 Å². The first-order valence-corrected chi connectivity index (χ1v) is 10.0. The second kappa shape index (κ2) is 5.31. The molecule has 0 bridgehead atoms. The van der Waals surface area contributed by atoms with Crippen LogP contribution in [0.2, 0.25) is 0 Å². The normalized spacial score (nSPS) is 55.7. The molecule has 8 atom stereocenters. The van der Waals surface area contributed by atoms with Crippen LogP contribution < -0.4 is 0 Å². The van der Waals surface area contributed by atoms with E-state index in [0.717, 1.165) is 42.9 Å². The quantitative estimate of drug-likeness (QED) is 0.767. The van der Waals surface area contributed by atoms with Gasteiger partial charge in [0.15, 0.2) is 0 Å². The number of hydrogen-bond donors (Lipinski definition) is 1. The zero-order valence-corrected chi connectivity index (χ0v) is 15.2. The summed E-state index contributed by atoms with van der Waals surface area (Å²) in [5.74, 6) is 3.97. The minimum absolute atomic E-state index is 0.0490. The summed E-state index contributed by atoms with van der Waals surface area (Å²) in [7, 11) is 0. The topological polar surface area (TPSA) is 37.3 Å². The van der Waals surface area contributed by atoms with Crippen LogP contribution in [-0.4, -0.2) is 17.0 Å². The number of ketones is 1. The van der Waals surface area contributed by atoms with E-state index in [4.69, 9.17) is 0 Å². The predicted octanol–water partition coefficient (Wildman–Crippen LogP) is 4.60. The molecule has 0 aromatic carbocycles. The molecule has 0 radical (unpaired) electrons. The fourth-order valence-corrected chi connectivity index (χ4v) is 7.90. The van der Waals surface area contributed by atoms with Crippen LogP contribution in [-0.2, 0) is 4.79 Å². The lowest BCUT2D eigenvalue weighted by Crippen LogP contribution is -2.54. The summed E-state index contributed by atoms with van der Waals surface area (Å²) in [6.07, 6.45) is 10.9. The molecule has 4 aliphatic carbocycles. The maximum absolute atomic E-state index is 12.2. The number of aliphatic hydroxyl groups excluding tert-OH is 1. The summed E-state index contributed by atoms with van der Waals surface area (Å²) >= 11 is 0. The third-order valence-corrected chi connectivity index (χ3v) is 9.13. The first-order valence-electron chi connectivity index (χ1n) is 10.0. The average Bonchev–Trinajstić information content (AvgIpc) is 2.85. The van der Waals surface area contributed by atoms with Gasteiger partial charge < -0.3 is 5.11 Å². The van der Waals surface area contributed by atoms with Crippen LogP contribution in [0.1, 0.15) is 78.6 Å². The minimum Gasteiger partial charge on any atom is -0.393 e. The Morgan fingerprint density at radius 3 is 2.35 bits per heavy atom. The molecule has 1 N–H and O–H groups in total. The van der Waals surface area contributed by atoms with Crippen molar-refractivity contribution in [1.82, 2.24) is 0 Å². The van der Waals surface area contributed by atoms with Crippen LogP contribution in [0.15, 0.2) is 0 Å². The van der Waals surface area contributed by atoms with E-state index in [9.17, 15) is 9.90 Å². The van der Waals surface area contributed by atoms with Crippen molar-refractivity contribution in [3.8, 4) is 0 Å². The third kappa shape index (κ3) is 2.19. The standard InChI is InChI=1S/C21H34O2/c1-13(22)17-6-7-18-16-5-4-14-12-15(23)8-10-20(14,2)19(16)9-11-21(17,18)3/h14-19,23H,4-12H2,1-3H3/t14?,15-,16?,17+,18?,19?,20+,21-/m1/s1. The van der Waals surface area contributed by atoms with Gasteiger partial charge in [-0.1, -0.05) is 13.8 Å². The number of aliphatic hydroxyl groups is 1. The van der Waals surface area contributed by atoms with Gasteiger partial charge in [-0.3, -0.25) is 4.79 Å². The Labute approximate surface area is 141 Å². The Morgan fingerprint density at radius 2 is 1.61 bits per heavy atom. The van der Waals surface area contributed by atoms with Gasteiger partial charge in [0.25, 0.3) is 0 Å². The molecule has 2 nitrogen and oxygen atoms in total. The van der Waals surface area contributed by atoms with Crippen LogP contribution >= 0.6 is 0 Å². The number of rotatable bonds is 1. The number of carbonyl (C=O) groups excluding carboxylic acids is 1. The average molecular weight is 319 g/mol. The maximum atomic E-state index is 12.2. The van der Waals surface area contributed by atoms with E-state index in [-0.39, 0.29) is 11.5 Å². The SMILES string of the molecule is CC(=O)[C@@H]1CCC2C3CCC4C[C@H](O)CC[C@]4(C)C3CC[C@@]21C. The van der Waals surface area contributed by atoms with Gasteiger partial charge in [-0.2, -0.15) is 0 Å². The largest absolute Gasteiger partial charge is 0.393 e. The van der Waals surface area contributed by atoms with Crippen molar-refractivity contribution in [2.45, 2.75) is 84.7 Å². The van der Waals surface area contributed by atoms with Crippen molar-refractivity contribution in [1.29, 1.82) is 0 Å². The molecule has 0 aromatic heterocycles. The van der Waals surface area contributed by atoms with E-state index in [1.54, 1.807) is 0 Å². The van der Waals surface area contributed by atoms with Crippen molar-refractivity contribution >= 4 is 5.78 Å². The molecule has 4 fully saturated rings.